The van der Waals surface area contributed by atoms with Crippen LogP contribution in [0.25, 0.3) is 0 Å². The zero-order chi connectivity index (χ0) is 13.1. The zero-order valence-corrected chi connectivity index (χ0v) is 9.93. The van der Waals surface area contributed by atoms with Crippen molar-refractivity contribution >= 4 is 17.7 Å². The van der Waals surface area contributed by atoms with Gasteiger partial charge in [-0.2, -0.15) is 4.98 Å². The lowest BCUT2D eigenvalue weighted by Crippen LogP contribution is -1.98. The third kappa shape index (κ3) is 2.42. The summed E-state index contributed by atoms with van der Waals surface area (Å²) in [6, 6.07) is 5.67. The Morgan fingerprint density at radius 1 is 1.50 bits per heavy atom. The molecule has 0 saturated heterocycles. The number of carboxylic acid groups (broad SMARTS) is 1. The van der Waals surface area contributed by atoms with E-state index in [1.807, 2.05) is 19.1 Å². The van der Waals surface area contributed by atoms with E-state index in [-0.39, 0.29) is 11.7 Å². The largest absolute Gasteiger partial charge is 0.495 e. The molecule has 6 heteroatoms. The van der Waals surface area contributed by atoms with Crippen LogP contribution in [-0.2, 0) is 0 Å². The molecule has 0 amide bonds. The highest BCUT2D eigenvalue weighted by Gasteiger charge is 2.12. The summed E-state index contributed by atoms with van der Waals surface area (Å²) in [5, 5.41) is 11.6. The average molecular weight is 248 g/mol. The van der Waals surface area contributed by atoms with Crippen LogP contribution in [0.3, 0.4) is 0 Å². The Balaban J connectivity index is 2.27. The molecule has 0 spiro atoms. The smallest absolute Gasteiger partial charge is 0.357 e. The van der Waals surface area contributed by atoms with Gasteiger partial charge in [0.15, 0.2) is 5.69 Å². The summed E-state index contributed by atoms with van der Waals surface area (Å²) in [5.41, 5.74) is 1.55. The third-order valence-electron chi connectivity index (χ3n) is 2.32. The van der Waals surface area contributed by atoms with Crippen LogP contribution < -0.4 is 10.1 Å². The number of hydrogen-bond donors (Lipinski definition) is 2. The number of carbonyl (C=O) groups is 1. The highest BCUT2D eigenvalue weighted by Crippen LogP contribution is 2.28. The highest BCUT2D eigenvalue weighted by molar-refractivity contribution is 5.85. The van der Waals surface area contributed by atoms with Crippen LogP contribution >= 0.6 is 0 Å². The summed E-state index contributed by atoms with van der Waals surface area (Å²) >= 11 is 0. The lowest BCUT2D eigenvalue weighted by molar-refractivity contribution is 0.0690. The topological polar surface area (TPSA) is 84.6 Å². The Kier molecular flexibility index (Phi) is 3.18. The summed E-state index contributed by atoms with van der Waals surface area (Å²) in [7, 11) is 1.55. The second-order valence-corrected chi connectivity index (χ2v) is 3.67. The first kappa shape index (κ1) is 12.0. The number of hydrogen-bond acceptors (Lipinski definition) is 5. The fourth-order valence-corrected chi connectivity index (χ4v) is 1.46. The molecule has 0 aliphatic heterocycles. The number of anilines is 2. The maximum absolute atomic E-state index is 10.7. The molecule has 1 aromatic heterocycles. The molecule has 2 aromatic rings. The number of benzene rings is 1. The maximum atomic E-state index is 10.7. The molecular weight excluding hydrogens is 236 g/mol. The first-order chi connectivity index (χ1) is 8.60. The number of methoxy groups -OCH3 is 1. The quantitative estimate of drug-likeness (QED) is 0.864. The van der Waals surface area contributed by atoms with Crippen molar-refractivity contribution in [2.45, 2.75) is 6.92 Å². The van der Waals surface area contributed by atoms with Crippen molar-refractivity contribution in [3.05, 3.63) is 35.7 Å². The van der Waals surface area contributed by atoms with E-state index in [1.165, 1.54) is 0 Å². The van der Waals surface area contributed by atoms with E-state index >= 15 is 0 Å². The fraction of sp³-hybridized carbons (Fsp3) is 0.167. The Bertz CT molecular complexity index is 577. The number of nitrogens with one attached hydrogen (secondary N) is 1. The van der Waals surface area contributed by atoms with Crippen LogP contribution in [0, 0.1) is 6.92 Å². The van der Waals surface area contributed by atoms with Crippen molar-refractivity contribution in [2.24, 2.45) is 0 Å². The number of aryl methyl sites for hydroxylation is 1. The second-order valence-electron chi connectivity index (χ2n) is 3.67. The van der Waals surface area contributed by atoms with Crippen molar-refractivity contribution in [1.29, 1.82) is 0 Å². The van der Waals surface area contributed by atoms with Gasteiger partial charge in [-0.1, -0.05) is 6.07 Å². The van der Waals surface area contributed by atoms with Crippen molar-refractivity contribution < 1.29 is 19.1 Å². The van der Waals surface area contributed by atoms with Gasteiger partial charge < -0.3 is 19.6 Å². The van der Waals surface area contributed by atoms with Crippen molar-refractivity contribution in [2.75, 3.05) is 12.4 Å². The normalized spacial score (nSPS) is 10.1. The summed E-state index contributed by atoms with van der Waals surface area (Å²) in [4.78, 5) is 14.4. The van der Waals surface area contributed by atoms with Crippen LogP contribution in [0.2, 0.25) is 0 Å². The van der Waals surface area contributed by atoms with Crippen LogP contribution in [0.5, 0.6) is 5.75 Å². The van der Waals surface area contributed by atoms with Crippen LogP contribution in [0.15, 0.2) is 28.9 Å². The Labute approximate surface area is 103 Å². The molecule has 6 nitrogen and oxygen atoms in total. The molecule has 0 fully saturated rings. The lowest BCUT2D eigenvalue weighted by Gasteiger charge is -2.08. The molecule has 0 unspecified atom stereocenters. The lowest BCUT2D eigenvalue weighted by atomic mass is 10.2. The molecule has 0 atom stereocenters. The Morgan fingerprint density at radius 2 is 2.28 bits per heavy atom. The summed E-state index contributed by atoms with van der Waals surface area (Å²) in [6.07, 6.45) is 1.08. The number of nitrogens with zero attached hydrogens (tertiary/aromatic N) is 1. The van der Waals surface area contributed by atoms with Gasteiger partial charge in [0.25, 0.3) is 6.01 Å². The molecule has 2 N–H and O–H groups in total. The number of aromatic carboxylic acids is 1. The molecule has 0 radical (unpaired) electrons. The molecule has 0 aliphatic carbocycles. The SMILES string of the molecule is COc1ccc(C)cc1Nc1nc(C(=O)O)co1. The van der Waals surface area contributed by atoms with Gasteiger partial charge in [0, 0.05) is 0 Å². The predicted octanol–water partition coefficient (Wildman–Crippen LogP) is 2.43. The van der Waals surface area contributed by atoms with Gasteiger partial charge in [0.2, 0.25) is 0 Å². The minimum Gasteiger partial charge on any atom is -0.495 e. The second kappa shape index (κ2) is 4.79. The zero-order valence-electron chi connectivity index (χ0n) is 9.93. The van der Waals surface area contributed by atoms with Gasteiger partial charge in [-0.15, -0.1) is 0 Å². The van der Waals surface area contributed by atoms with Crippen LogP contribution in [0.4, 0.5) is 11.7 Å². The molecular formula is C12H12N2O4. The number of aromatic nitrogens is 1. The van der Waals surface area contributed by atoms with Gasteiger partial charge >= 0.3 is 5.97 Å². The first-order valence-corrected chi connectivity index (χ1v) is 5.20. The molecule has 0 bridgehead atoms. The van der Waals surface area contributed by atoms with Crippen LogP contribution in [-0.4, -0.2) is 23.2 Å². The molecule has 0 saturated carbocycles. The van der Waals surface area contributed by atoms with Gasteiger partial charge in [0.1, 0.15) is 12.0 Å². The molecule has 0 aliphatic rings. The predicted molar refractivity (Wildman–Crippen MR) is 64.5 cm³/mol. The van der Waals surface area contributed by atoms with E-state index in [9.17, 15) is 4.79 Å². The standard InChI is InChI=1S/C12H12N2O4/c1-7-3-4-10(17-2)8(5-7)13-12-14-9(6-18-12)11(15)16/h3-6H,1-2H3,(H,13,14)(H,15,16). The van der Waals surface area contributed by atoms with E-state index in [0.717, 1.165) is 11.8 Å². The summed E-state index contributed by atoms with van der Waals surface area (Å²) in [6.45, 7) is 1.93. The van der Waals surface area contributed by atoms with Crippen LogP contribution in [0.1, 0.15) is 16.1 Å². The van der Waals surface area contributed by atoms with Gasteiger partial charge in [-0.3, -0.25) is 0 Å². The van der Waals surface area contributed by atoms with Crippen molar-refractivity contribution in [3.8, 4) is 5.75 Å². The monoisotopic (exact) mass is 248 g/mol. The van der Waals surface area contributed by atoms with Crippen molar-refractivity contribution in [3.63, 3.8) is 0 Å². The number of oxazole rings is 1. The third-order valence-corrected chi connectivity index (χ3v) is 2.32. The minimum absolute atomic E-state index is 0.108. The average Bonchev–Trinajstić information content (AvgIpc) is 2.78. The Hall–Kier alpha value is -2.50. The molecule has 2 rings (SSSR count). The van der Waals surface area contributed by atoms with E-state index < -0.39 is 5.97 Å². The van der Waals surface area contributed by atoms with E-state index in [1.54, 1.807) is 13.2 Å². The van der Waals surface area contributed by atoms with Crippen molar-refractivity contribution in [1.82, 2.24) is 4.98 Å². The minimum atomic E-state index is -1.14. The molecule has 1 heterocycles. The first-order valence-electron chi connectivity index (χ1n) is 5.20. The Morgan fingerprint density at radius 3 is 2.89 bits per heavy atom. The van der Waals surface area contributed by atoms with Gasteiger partial charge in [-0.05, 0) is 24.6 Å². The molecule has 1 aromatic carbocycles. The highest BCUT2D eigenvalue weighted by atomic mass is 16.5. The number of rotatable bonds is 4. The maximum Gasteiger partial charge on any atom is 0.357 e. The summed E-state index contributed by atoms with van der Waals surface area (Å²) < 4.78 is 10.2. The van der Waals surface area contributed by atoms with Gasteiger partial charge in [0.05, 0.1) is 12.8 Å². The fourth-order valence-electron chi connectivity index (χ4n) is 1.46. The van der Waals surface area contributed by atoms with E-state index in [0.29, 0.717) is 11.4 Å². The number of carboxylic acids is 1. The molecule has 94 valence electrons. The summed E-state index contributed by atoms with van der Waals surface area (Å²) in [5.74, 6) is -0.515. The van der Waals surface area contributed by atoms with E-state index in [2.05, 4.69) is 10.3 Å². The molecule has 18 heavy (non-hydrogen) atoms. The number of ether oxygens (including phenoxy) is 1. The van der Waals surface area contributed by atoms with E-state index in [4.69, 9.17) is 14.3 Å². The van der Waals surface area contributed by atoms with Gasteiger partial charge in [-0.25, -0.2) is 4.79 Å².